The largest absolute Gasteiger partial charge is 0.496 e. The molecule has 0 saturated heterocycles. The maximum Gasteiger partial charge on any atom is 0.339 e. The highest BCUT2D eigenvalue weighted by atomic mass is 16.5. The normalized spacial score (nSPS) is 20.0. The number of fused-ring (bicyclic) bond motifs is 1. The number of cyclic esters (lactones) is 1. The molecule has 28 heavy (non-hydrogen) atoms. The molecule has 0 radical (unpaired) electrons. The number of benzene rings is 1. The van der Waals surface area contributed by atoms with E-state index in [1.54, 1.807) is 6.92 Å². The molecule has 0 spiro atoms. The summed E-state index contributed by atoms with van der Waals surface area (Å²) in [5, 5.41) is 19.0. The smallest absolute Gasteiger partial charge is 0.339 e. The lowest BCUT2D eigenvalue weighted by Crippen LogP contribution is -2.16. The number of aromatic carboxylic acids is 1. The second-order valence-electron chi connectivity index (χ2n) is 7.27. The van der Waals surface area contributed by atoms with Gasteiger partial charge in [-0.3, -0.25) is 4.79 Å². The van der Waals surface area contributed by atoms with Gasteiger partial charge >= 0.3 is 17.9 Å². The van der Waals surface area contributed by atoms with E-state index < -0.39 is 17.9 Å². The van der Waals surface area contributed by atoms with Crippen LogP contribution < -0.4 is 4.74 Å². The van der Waals surface area contributed by atoms with Crippen molar-refractivity contribution in [2.45, 2.75) is 52.1 Å². The van der Waals surface area contributed by atoms with Gasteiger partial charge in [-0.15, -0.1) is 0 Å². The highest BCUT2D eigenvalue weighted by Crippen LogP contribution is 2.39. The quantitative estimate of drug-likeness (QED) is 0.567. The molecular weight excluding hydrogens is 364 g/mol. The van der Waals surface area contributed by atoms with Gasteiger partial charge in [0.25, 0.3) is 0 Å². The summed E-state index contributed by atoms with van der Waals surface area (Å²) in [6, 6.07) is 0. The Balaban J connectivity index is 2.07. The van der Waals surface area contributed by atoms with E-state index in [0.717, 1.165) is 31.3 Å². The number of hydrogen-bond acceptors (Lipinski definition) is 5. The van der Waals surface area contributed by atoms with E-state index in [1.165, 1.54) is 7.11 Å². The number of allylic oxidation sites excluding steroid dienone is 2. The summed E-state index contributed by atoms with van der Waals surface area (Å²) in [4.78, 5) is 35.3. The van der Waals surface area contributed by atoms with Crippen molar-refractivity contribution in [3.05, 3.63) is 39.5 Å². The monoisotopic (exact) mass is 388 g/mol. The lowest BCUT2D eigenvalue weighted by molar-refractivity contribution is -0.137. The number of carboxylic acids is 2. The van der Waals surface area contributed by atoms with Crippen molar-refractivity contribution in [2.75, 3.05) is 7.11 Å². The molecule has 150 valence electrons. The molecule has 0 bridgehead atoms. The van der Waals surface area contributed by atoms with Crippen LogP contribution in [0.2, 0.25) is 0 Å². The summed E-state index contributed by atoms with van der Waals surface area (Å²) >= 11 is 0. The number of ether oxygens (including phenoxy) is 2. The molecule has 0 unspecified atom stereocenters. The summed E-state index contributed by atoms with van der Waals surface area (Å²) in [5.74, 6) is -2.26. The van der Waals surface area contributed by atoms with E-state index in [1.807, 2.05) is 6.08 Å². The highest BCUT2D eigenvalue weighted by Gasteiger charge is 2.34. The second-order valence-corrected chi connectivity index (χ2v) is 7.27. The van der Waals surface area contributed by atoms with Crippen molar-refractivity contribution >= 4 is 17.9 Å². The van der Waals surface area contributed by atoms with E-state index in [0.29, 0.717) is 22.4 Å². The third-order valence-corrected chi connectivity index (χ3v) is 5.67. The summed E-state index contributed by atoms with van der Waals surface area (Å²) in [6.07, 6.45) is 5.85. The van der Waals surface area contributed by atoms with Gasteiger partial charge in [-0.2, -0.15) is 0 Å². The molecule has 7 nitrogen and oxygen atoms in total. The first kappa shape index (κ1) is 19.9. The Hall–Kier alpha value is -2.83. The number of hydrogen-bond donors (Lipinski definition) is 2. The minimum atomic E-state index is -1.20. The molecule has 1 aromatic carbocycles. The fraction of sp³-hybridized carbons (Fsp3) is 0.476. The Bertz CT molecular complexity index is 866. The Kier molecular flexibility index (Phi) is 5.72. The Morgan fingerprint density at radius 1 is 1.29 bits per heavy atom. The van der Waals surface area contributed by atoms with Gasteiger partial charge in [0.05, 0.1) is 24.7 Å². The van der Waals surface area contributed by atoms with Crippen LogP contribution in [0.25, 0.3) is 0 Å². The fourth-order valence-corrected chi connectivity index (χ4v) is 4.34. The number of carboxylic acid groups (broad SMARTS) is 2. The van der Waals surface area contributed by atoms with Crippen molar-refractivity contribution in [3.63, 3.8) is 0 Å². The van der Waals surface area contributed by atoms with Gasteiger partial charge < -0.3 is 19.7 Å². The second kappa shape index (κ2) is 8.04. The summed E-state index contributed by atoms with van der Waals surface area (Å²) in [5.41, 5.74) is 2.74. The molecule has 1 fully saturated rings. The molecule has 0 aromatic heterocycles. The Morgan fingerprint density at radius 2 is 2.04 bits per heavy atom. The molecule has 1 saturated carbocycles. The van der Waals surface area contributed by atoms with Crippen LogP contribution in [0.15, 0.2) is 11.6 Å². The first-order valence-corrected chi connectivity index (χ1v) is 9.38. The van der Waals surface area contributed by atoms with E-state index in [2.05, 4.69) is 0 Å². The van der Waals surface area contributed by atoms with Gasteiger partial charge in [0.15, 0.2) is 0 Å². The van der Waals surface area contributed by atoms with Crippen molar-refractivity contribution in [1.29, 1.82) is 0 Å². The molecule has 1 aliphatic heterocycles. The molecule has 3 rings (SSSR count). The molecular formula is C21H24O7. The van der Waals surface area contributed by atoms with Crippen LogP contribution in [-0.4, -0.2) is 35.2 Å². The van der Waals surface area contributed by atoms with Gasteiger partial charge in [0.1, 0.15) is 12.4 Å². The van der Waals surface area contributed by atoms with Crippen LogP contribution in [0, 0.1) is 12.8 Å². The average molecular weight is 388 g/mol. The van der Waals surface area contributed by atoms with Gasteiger partial charge in [0.2, 0.25) is 0 Å². The third-order valence-electron chi connectivity index (χ3n) is 5.67. The van der Waals surface area contributed by atoms with E-state index >= 15 is 0 Å². The maximum atomic E-state index is 12.2. The average Bonchev–Trinajstić information content (AvgIpc) is 3.02. The number of esters is 1. The molecule has 0 amide bonds. The van der Waals surface area contributed by atoms with Crippen molar-refractivity contribution < 1.29 is 34.1 Å². The number of methoxy groups -OCH3 is 1. The van der Waals surface area contributed by atoms with Crippen LogP contribution in [0.4, 0.5) is 0 Å². The predicted molar refractivity (Wildman–Crippen MR) is 99.8 cm³/mol. The van der Waals surface area contributed by atoms with Gasteiger partial charge in [-0.1, -0.05) is 18.1 Å². The number of carbonyl (C=O) groups excluding carboxylic acids is 1. The summed E-state index contributed by atoms with van der Waals surface area (Å²) in [7, 11) is 1.47. The summed E-state index contributed by atoms with van der Waals surface area (Å²) < 4.78 is 10.6. The predicted octanol–water partition coefficient (Wildman–Crippen LogP) is 3.51. The first-order chi connectivity index (χ1) is 13.3. The minimum Gasteiger partial charge on any atom is -0.496 e. The zero-order valence-electron chi connectivity index (χ0n) is 16.0. The van der Waals surface area contributed by atoms with E-state index in [-0.39, 0.29) is 36.5 Å². The standard InChI is InChI=1S/C21H24O7/c1-11-15-10-28-21(26)18(15)17(20(24)25)14(19(11)27-2)8-7-12-5-3-4-6-13(12)9-16(22)23/h7,13H,3-6,8-10H2,1-2H3,(H,22,23)(H,24,25)/b12-7+/t13-/m0/s1. The lowest BCUT2D eigenvalue weighted by atomic mass is 9.81. The molecule has 1 aliphatic carbocycles. The molecule has 2 aliphatic rings. The Labute approximate surface area is 163 Å². The molecule has 1 heterocycles. The number of carbonyl (C=O) groups is 3. The third kappa shape index (κ3) is 3.61. The van der Waals surface area contributed by atoms with Crippen LogP contribution >= 0.6 is 0 Å². The van der Waals surface area contributed by atoms with Gasteiger partial charge in [-0.05, 0) is 44.1 Å². The molecule has 2 N–H and O–H groups in total. The van der Waals surface area contributed by atoms with Crippen LogP contribution in [-0.2, 0) is 22.6 Å². The van der Waals surface area contributed by atoms with Crippen molar-refractivity contribution in [1.82, 2.24) is 0 Å². The van der Waals surface area contributed by atoms with Crippen LogP contribution in [0.5, 0.6) is 5.75 Å². The fourth-order valence-electron chi connectivity index (χ4n) is 4.34. The zero-order chi connectivity index (χ0) is 20.4. The zero-order valence-corrected chi connectivity index (χ0v) is 16.0. The summed E-state index contributed by atoms with van der Waals surface area (Å²) in [6.45, 7) is 1.83. The van der Waals surface area contributed by atoms with Gasteiger partial charge in [0, 0.05) is 11.1 Å². The van der Waals surface area contributed by atoms with Crippen molar-refractivity contribution in [2.24, 2.45) is 5.92 Å². The topological polar surface area (TPSA) is 110 Å². The van der Waals surface area contributed by atoms with Crippen LogP contribution in [0.1, 0.15) is 69.5 Å². The van der Waals surface area contributed by atoms with Gasteiger partial charge in [-0.25, -0.2) is 9.59 Å². The first-order valence-electron chi connectivity index (χ1n) is 9.38. The SMILES string of the molecule is COc1c(C)c2c(c(C(=O)O)c1C/C=C1\CCCC[C@H]1CC(=O)O)C(=O)OC2. The number of rotatable bonds is 6. The maximum absolute atomic E-state index is 12.2. The number of aliphatic carboxylic acids is 1. The van der Waals surface area contributed by atoms with E-state index in [4.69, 9.17) is 14.6 Å². The highest BCUT2D eigenvalue weighted by molar-refractivity contribution is 6.07. The minimum absolute atomic E-state index is 0.0361. The molecule has 7 heteroatoms. The lowest BCUT2D eigenvalue weighted by Gasteiger charge is -2.24. The molecule has 1 aromatic rings. The molecule has 1 atom stereocenters. The Morgan fingerprint density at radius 3 is 2.68 bits per heavy atom. The van der Waals surface area contributed by atoms with Crippen LogP contribution in [0.3, 0.4) is 0 Å². The van der Waals surface area contributed by atoms with E-state index in [9.17, 15) is 19.5 Å². The van der Waals surface area contributed by atoms with Crippen molar-refractivity contribution in [3.8, 4) is 5.75 Å².